The van der Waals surface area contributed by atoms with Gasteiger partial charge in [0, 0.05) is 19.3 Å². The van der Waals surface area contributed by atoms with Gasteiger partial charge in [-0.1, -0.05) is 0 Å². The number of carbonyl (C=O) groups excluding carboxylic acids is 1. The standard InChI is InChI=1S/C11H18N4O/c1-15-7-10(13-8-15)11(16)14-9-3-2-5-12-6-4-9/h7-9,12H,2-6H2,1H3,(H,14,16). The van der Waals surface area contributed by atoms with Crippen LogP contribution in [0.1, 0.15) is 29.8 Å². The first-order valence-corrected chi connectivity index (χ1v) is 5.75. The molecule has 2 rings (SSSR count). The number of aryl methyl sites for hydroxylation is 1. The van der Waals surface area contributed by atoms with E-state index in [-0.39, 0.29) is 11.9 Å². The molecule has 1 saturated heterocycles. The Balaban J connectivity index is 1.90. The number of aromatic nitrogens is 2. The fraction of sp³-hybridized carbons (Fsp3) is 0.636. The van der Waals surface area contributed by atoms with E-state index in [2.05, 4.69) is 15.6 Å². The Hall–Kier alpha value is -1.36. The van der Waals surface area contributed by atoms with Gasteiger partial charge in [0.2, 0.25) is 0 Å². The Labute approximate surface area is 95.2 Å². The molecule has 1 aromatic rings. The summed E-state index contributed by atoms with van der Waals surface area (Å²) >= 11 is 0. The lowest BCUT2D eigenvalue weighted by Crippen LogP contribution is -2.35. The zero-order chi connectivity index (χ0) is 11.4. The van der Waals surface area contributed by atoms with Crippen LogP contribution in [0.25, 0.3) is 0 Å². The second kappa shape index (κ2) is 5.12. The fourth-order valence-corrected chi connectivity index (χ4v) is 1.95. The number of amides is 1. The number of hydrogen-bond acceptors (Lipinski definition) is 3. The molecule has 16 heavy (non-hydrogen) atoms. The number of imidazole rings is 1. The molecule has 0 saturated carbocycles. The maximum atomic E-state index is 11.8. The van der Waals surface area contributed by atoms with Crippen LogP contribution in [0.3, 0.4) is 0 Å². The smallest absolute Gasteiger partial charge is 0.271 e. The van der Waals surface area contributed by atoms with Crippen LogP contribution in [0, 0.1) is 0 Å². The lowest BCUT2D eigenvalue weighted by atomic mass is 10.1. The van der Waals surface area contributed by atoms with E-state index in [4.69, 9.17) is 0 Å². The van der Waals surface area contributed by atoms with Crippen molar-refractivity contribution in [1.29, 1.82) is 0 Å². The summed E-state index contributed by atoms with van der Waals surface area (Å²) in [5.41, 5.74) is 0.500. The lowest BCUT2D eigenvalue weighted by Gasteiger charge is -2.14. The third kappa shape index (κ3) is 2.82. The molecule has 0 bridgehead atoms. The molecular formula is C11H18N4O. The molecule has 2 N–H and O–H groups in total. The van der Waals surface area contributed by atoms with E-state index in [0.29, 0.717) is 5.69 Å². The number of rotatable bonds is 2. The van der Waals surface area contributed by atoms with E-state index in [1.165, 1.54) is 0 Å². The van der Waals surface area contributed by atoms with E-state index < -0.39 is 0 Å². The second-order valence-electron chi connectivity index (χ2n) is 4.28. The van der Waals surface area contributed by atoms with E-state index in [1.54, 1.807) is 17.1 Å². The van der Waals surface area contributed by atoms with Crippen LogP contribution < -0.4 is 10.6 Å². The Morgan fingerprint density at radius 2 is 2.44 bits per heavy atom. The van der Waals surface area contributed by atoms with Crippen molar-refractivity contribution in [2.24, 2.45) is 7.05 Å². The fourth-order valence-electron chi connectivity index (χ4n) is 1.95. The molecule has 1 aliphatic rings. The monoisotopic (exact) mass is 222 g/mol. The Morgan fingerprint density at radius 3 is 3.19 bits per heavy atom. The summed E-state index contributed by atoms with van der Waals surface area (Å²) in [5.74, 6) is -0.0625. The quantitative estimate of drug-likeness (QED) is 0.756. The van der Waals surface area contributed by atoms with Gasteiger partial charge in [-0.3, -0.25) is 4.79 Å². The molecule has 0 spiro atoms. The average Bonchev–Trinajstić information content (AvgIpc) is 2.54. The molecule has 5 heteroatoms. The van der Waals surface area contributed by atoms with Gasteiger partial charge in [0.1, 0.15) is 5.69 Å². The van der Waals surface area contributed by atoms with Crippen LogP contribution in [-0.4, -0.2) is 34.6 Å². The molecule has 5 nitrogen and oxygen atoms in total. The molecule has 1 aromatic heterocycles. The van der Waals surface area contributed by atoms with Crippen molar-refractivity contribution in [1.82, 2.24) is 20.2 Å². The average molecular weight is 222 g/mol. The van der Waals surface area contributed by atoms with Crippen LogP contribution in [0.15, 0.2) is 12.5 Å². The number of nitrogens with zero attached hydrogens (tertiary/aromatic N) is 2. The number of hydrogen-bond donors (Lipinski definition) is 2. The molecule has 0 aliphatic carbocycles. The molecule has 1 unspecified atom stereocenters. The normalized spacial score (nSPS) is 21.4. The third-order valence-corrected chi connectivity index (χ3v) is 2.85. The lowest BCUT2D eigenvalue weighted by molar-refractivity contribution is 0.0929. The predicted molar refractivity (Wildman–Crippen MR) is 61.2 cm³/mol. The first kappa shape index (κ1) is 11.1. The maximum absolute atomic E-state index is 11.8. The highest BCUT2D eigenvalue weighted by molar-refractivity contribution is 5.92. The minimum atomic E-state index is -0.0625. The van der Waals surface area contributed by atoms with E-state index in [0.717, 1.165) is 32.4 Å². The maximum Gasteiger partial charge on any atom is 0.271 e. The highest BCUT2D eigenvalue weighted by atomic mass is 16.2. The van der Waals surface area contributed by atoms with Gasteiger partial charge in [-0.2, -0.15) is 0 Å². The molecule has 1 fully saturated rings. The first-order chi connectivity index (χ1) is 7.75. The zero-order valence-corrected chi connectivity index (χ0v) is 9.57. The topological polar surface area (TPSA) is 59.0 Å². The molecule has 0 radical (unpaired) electrons. The molecule has 0 aromatic carbocycles. The molecule has 1 atom stereocenters. The van der Waals surface area contributed by atoms with Crippen molar-refractivity contribution >= 4 is 5.91 Å². The second-order valence-corrected chi connectivity index (χ2v) is 4.28. The summed E-state index contributed by atoms with van der Waals surface area (Å²) in [5, 5.41) is 6.36. The van der Waals surface area contributed by atoms with Crippen LogP contribution >= 0.6 is 0 Å². The van der Waals surface area contributed by atoms with Crippen LogP contribution in [0.2, 0.25) is 0 Å². The number of nitrogens with one attached hydrogen (secondary N) is 2. The molecule has 2 heterocycles. The van der Waals surface area contributed by atoms with Gasteiger partial charge in [-0.25, -0.2) is 4.98 Å². The van der Waals surface area contributed by atoms with Crippen molar-refractivity contribution in [2.45, 2.75) is 25.3 Å². The van der Waals surface area contributed by atoms with Crippen molar-refractivity contribution in [2.75, 3.05) is 13.1 Å². The summed E-state index contributed by atoms with van der Waals surface area (Å²) in [7, 11) is 1.86. The Morgan fingerprint density at radius 1 is 1.56 bits per heavy atom. The minimum absolute atomic E-state index is 0.0625. The van der Waals surface area contributed by atoms with Crippen molar-refractivity contribution in [3.05, 3.63) is 18.2 Å². The van der Waals surface area contributed by atoms with Gasteiger partial charge in [-0.05, 0) is 32.4 Å². The molecular weight excluding hydrogens is 204 g/mol. The zero-order valence-electron chi connectivity index (χ0n) is 9.57. The van der Waals surface area contributed by atoms with Crippen LogP contribution in [0.5, 0.6) is 0 Å². The first-order valence-electron chi connectivity index (χ1n) is 5.75. The van der Waals surface area contributed by atoms with E-state index in [9.17, 15) is 4.79 Å². The summed E-state index contributed by atoms with van der Waals surface area (Å²) in [6, 6.07) is 0.282. The third-order valence-electron chi connectivity index (χ3n) is 2.85. The van der Waals surface area contributed by atoms with Crippen molar-refractivity contribution < 1.29 is 4.79 Å². The van der Waals surface area contributed by atoms with Gasteiger partial charge in [0.15, 0.2) is 0 Å². The largest absolute Gasteiger partial charge is 0.348 e. The van der Waals surface area contributed by atoms with E-state index >= 15 is 0 Å². The Kier molecular flexibility index (Phi) is 3.56. The van der Waals surface area contributed by atoms with Crippen LogP contribution in [0.4, 0.5) is 0 Å². The van der Waals surface area contributed by atoms with Crippen molar-refractivity contribution in [3.63, 3.8) is 0 Å². The SMILES string of the molecule is Cn1cnc(C(=O)NC2CCCNCC2)c1. The van der Waals surface area contributed by atoms with Crippen LogP contribution in [-0.2, 0) is 7.05 Å². The molecule has 88 valence electrons. The summed E-state index contributed by atoms with van der Waals surface area (Å²) < 4.78 is 1.78. The van der Waals surface area contributed by atoms with Gasteiger partial charge in [-0.15, -0.1) is 0 Å². The van der Waals surface area contributed by atoms with Gasteiger partial charge in [0.05, 0.1) is 6.33 Å². The van der Waals surface area contributed by atoms with Gasteiger partial charge in [0.25, 0.3) is 5.91 Å². The molecule has 1 amide bonds. The summed E-state index contributed by atoms with van der Waals surface area (Å²) in [4.78, 5) is 15.9. The van der Waals surface area contributed by atoms with Gasteiger partial charge < -0.3 is 15.2 Å². The highest BCUT2D eigenvalue weighted by Gasteiger charge is 2.16. The van der Waals surface area contributed by atoms with E-state index in [1.807, 2.05) is 7.05 Å². The summed E-state index contributed by atoms with van der Waals surface area (Å²) in [6.07, 6.45) is 6.55. The summed E-state index contributed by atoms with van der Waals surface area (Å²) in [6.45, 7) is 2.03. The minimum Gasteiger partial charge on any atom is -0.348 e. The predicted octanol–water partition coefficient (Wildman–Crippen LogP) is 0.292. The molecule has 1 aliphatic heterocycles. The van der Waals surface area contributed by atoms with Crippen molar-refractivity contribution in [3.8, 4) is 0 Å². The van der Waals surface area contributed by atoms with Gasteiger partial charge >= 0.3 is 0 Å². The highest BCUT2D eigenvalue weighted by Crippen LogP contribution is 2.06. The Bertz CT molecular complexity index is 353. The number of carbonyl (C=O) groups is 1.